The van der Waals surface area contributed by atoms with Crippen molar-refractivity contribution in [2.75, 3.05) is 13.1 Å². The highest BCUT2D eigenvalue weighted by Gasteiger charge is 2.27. The number of aromatic amines is 1. The van der Waals surface area contributed by atoms with Crippen molar-refractivity contribution in [2.45, 2.75) is 25.7 Å². The number of benzene rings is 1. The molecule has 27 heavy (non-hydrogen) atoms. The number of carbonyl (C=O) groups excluding carboxylic acids is 1. The zero-order valence-electron chi connectivity index (χ0n) is 14.8. The highest BCUT2D eigenvalue weighted by atomic mass is 32.1. The van der Waals surface area contributed by atoms with Crippen LogP contribution >= 0.6 is 11.3 Å². The summed E-state index contributed by atoms with van der Waals surface area (Å²) in [5.41, 5.74) is 2.25. The molecular weight excluding hydrogens is 368 g/mol. The summed E-state index contributed by atoms with van der Waals surface area (Å²) in [6.07, 6.45) is 3.29. The molecule has 0 spiro atoms. The van der Waals surface area contributed by atoms with Gasteiger partial charge >= 0.3 is 0 Å². The number of aromatic nitrogens is 2. The fourth-order valence-electron chi connectivity index (χ4n) is 3.45. The van der Waals surface area contributed by atoms with Crippen molar-refractivity contribution in [3.63, 3.8) is 0 Å². The Morgan fingerprint density at radius 2 is 2.00 bits per heavy atom. The van der Waals surface area contributed by atoms with Crippen molar-refractivity contribution in [3.8, 4) is 11.3 Å². The normalized spacial score (nSPS) is 15.3. The van der Waals surface area contributed by atoms with Crippen molar-refractivity contribution in [3.05, 3.63) is 63.7 Å². The third-order valence-corrected chi connectivity index (χ3v) is 6.06. The van der Waals surface area contributed by atoms with Crippen LogP contribution in [0.1, 0.15) is 39.8 Å². The van der Waals surface area contributed by atoms with E-state index in [1.165, 1.54) is 17.4 Å². The van der Waals surface area contributed by atoms with E-state index in [1.54, 1.807) is 6.20 Å². The molecule has 140 valence electrons. The summed E-state index contributed by atoms with van der Waals surface area (Å²) < 4.78 is 26.6. The molecule has 0 atom stereocenters. The fraction of sp³-hybridized carbons (Fsp3) is 0.300. The van der Waals surface area contributed by atoms with Gasteiger partial charge in [0.25, 0.3) is 5.91 Å². The number of likely N-dealkylation sites (tertiary alicyclic amines) is 1. The maximum atomic E-state index is 13.4. The number of nitrogens with one attached hydrogen (secondary N) is 1. The highest BCUT2D eigenvalue weighted by molar-refractivity contribution is 7.12. The topological polar surface area (TPSA) is 49.0 Å². The van der Waals surface area contributed by atoms with Gasteiger partial charge in [0.1, 0.15) is 5.82 Å². The molecule has 4 rings (SSSR count). The van der Waals surface area contributed by atoms with E-state index in [1.807, 2.05) is 23.3 Å². The monoisotopic (exact) mass is 387 g/mol. The molecule has 0 unspecified atom stereocenters. The molecule has 1 fully saturated rings. The Hall–Kier alpha value is -2.54. The third kappa shape index (κ3) is 3.51. The van der Waals surface area contributed by atoms with E-state index < -0.39 is 11.6 Å². The molecule has 0 saturated carbocycles. The number of nitrogens with zero attached hydrogens (tertiary/aromatic N) is 2. The van der Waals surface area contributed by atoms with Gasteiger partial charge in [0, 0.05) is 24.6 Å². The van der Waals surface area contributed by atoms with Crippen molar-refractivity contribution in [2.24, 2.45) is 0 Å². The number of thiophene rings is 1. The molecule has 1 N–H and O–H groups in total. The first-order chi connectivity index (χ1) is 13.0. The Bertz CT molecular complexity index is 973. The number of carbonyl (C=O) groups is 1. The summed E-state index contributed by atoms with van der Waals surface area (Å²) in [7, 11) is 0. The van der Waals surface area contributed by atoms with Gasteiger partial charge in [-0.3, -0.25) is 4.79 Å². The Labute approximate surface area is 159 Å². The molecule has 3 aromatic rings. The predicted molar refractivity (Wildman–Crippen MR) is 101 cm³/mol. The molecule has 1 aromatic carbocycles. The average molecular weight is 387 g/mol. The molecular formula is C20H19F2N3OS. The third-order valence-electron chi connectivity index (χ3n) is 5.05. The van der Waals surface area contributed by atoms with Crippen molar-refractivity contribution < 1.29 is 13.6 Å². The lowest BCUT2D eigenvalue weighted by Gasteiger charge is -2.31. The lowest BCUT2D eigenvalue weighted by atomic mass is 9.96. The standard InChI is InChI=1S/C20H19F2N3OS/c1-12-6-9-27-18(12)20(26)25-7-4-13(5-8-25)19-23-11-17(24-19)14-2-3-15(21)16(22)10-14/h2-3,6,9-11,13H,4-5,7-8H2,1H3,(H,23,24). The van der Waals surface area contributed by atoms with Gasteiger partial charge in [0.15, 0.2) is 11.6 Å². The van der Waals surface area contributed by atoms with Crippen LogP contribution in [0.5, 0.6) is 0 Å². The number of piperidine rings is 1. The molecule has 4 nitrogen and oxygen atoms in total. The van der Waals surface area contributed by atoms with Gasteiger partial charge < -0.3 is 9.88 Å². The number of halogens is 2. The van der Waals surface area contributed by atoms with E-state index in [2.05, 4.69) is 9.97 Å². The van der Waals surface area contributed by atoms with Crippen LogP contribution in [-0.2, 0) is 0 Å². The highest BCUT2D eigenvalue weighted by Crippen LogP contribution is 2.30. The molecule has 1 amide bonds. The second-order valence-corrected chi connectivity index (χ2v) is 7.73. The number of amides is 1. The van der Waals surface area contributed by atoms with Crippen LogP contribution in [-0.4, -0.2) is 33.9 Å². The van der Waals surface area contributed by atoms with Crippen LogP contribution in [0.3, 0.4) is 0 Å². The molecule has 0 aliphatic carbocycles. The summed E-state index contributed by atoms with van der Waals surface area (Å²) in [5, 5.41) is 1.94. The lowest BCUT2D eigenvalue weighted by Crippen LogP contribution is -2.38. The van der Waals surface area contributed by atoms with Crippen LogP contribution in [0.25, 0.3) is 11.3 Å². The Morgan fingerprint density at radius 3 is 2.67 bits per heavy atom. The van der Waals surface area contributed by atoms with Gasteiger partial charge in [-0.2, -0.15) is 0 Å². The van der Waals surface area contributed by atoms with E-state index in [-0.39, 0.29) is 11.8 Å². The molecule has 0 radical (unpaired) electrons. The number of aryl methyl sites for hydroxylation is 1. The Balaban J connectivity index is 1.43. The SMILES string of the molecule is Cc1ccsc1C(=O)N1CCC(c2ncc(-c3ccc(F)c(F)c3)[nH]2)CC1. The van der Waals surface area contributed by atoms with E-state index in [0.717, 1.165) is 41.2 Å². The number of rotatable bonds is 3. The van der Waals surface area contributed by atoms with Gasteiger partial charge in [-0.05, 0) is 55.0 Å². The van der Waals surface area contributed by atoms with E-state index in [0.29, 0.717) is 24.3 Å². The van der Waals surface area contributed by atoms with Gasteiger partial charge in [-0.25, -0.2) is 13.8 Å². The average Bonchev–Trinajstić information content (AvgIpc) is 3.33. The first kappa shape index (κ1) is 17.9. The summed E-state index contributed by atoms with van der Waals surface area (Å²) in [6.45, 7) is 3.32. The number of hydrogen-bond donors (Lipinski definition) is 1. The smallest absolute Gasteiger partial charge is 0.264 e. The molecule has 1 aliphatic rings. The summed E-state index contributed by atoms with van der Waals surface area (Å²) in [5.74, 6) is -0.592. The van der Waals surface area contributed by atoms with Crippen molar-refractivity contribution in [1.82, 2.24) is 14.9 Å². The molecule has 7 heteroatoms. The first-order valence-electron chi connectivity index (χ1n) is 8.86. The van der Waals surface area contributed by atoms with Crippen LogP contribution in [0.2, 0.25) is 0 Å². The minimum atomic E-state index is -0.876. The van der Waals surface area contributed by atoms with Gasteiger partial charge in [-0.15, -0.1) is 11.3 Å². The zero-order chi connectivity index (χ0) is 19.0. The number of hydrogen-bond acceptors (Lipinski definition) is 3. The molecule has 1 aliphatic heterocycles. The quantitative estimate of drug-likeness (QED) is 0.705. The maximum absolute atomic E-state index is 13.4. The molecule has 2 aromatic heterocycles. The van der Waals surface area contributed by atoms with Crippen LogP contribution in [0, 0.1) is 18.6 Å². The lowest BCUT2D eigenvalue weighted by molar-refractivity contribution is 0.0715. The Morgan fingerprint density at radius 1 is 1.22 bits per heavy atom. The van der Waals surface area contributed by atoms with Gasteiger partial charge in [0.05, 0.1) is 16.8 Å². The minimum Gasteiger partial charge on any atom is -0.342 e. The predicted octanol–water partition coefficient (Wildman–Crippen LogP) is 4.74. The maximum Gasteiger partial charge on any atom is 0.264 e. The van der Waals surface area contributed by atoms with Crippen molar-refractivity contribution in [1.29, 1.82) is 0 Å². The van der Waals surface area contributed by atoms with Crippen LogP contribution < -0.4 is 0 Å². The largest absolute Gasteiger partial charge is 0.342 e. The Kier molecular flexibility index (Phi) is 4.78. The molecule has 1 saturated heterocycles. The minimum absolute atomic E-state index is 0.0999. The van der Waals surface area contributed by atoms with Gasteiger partial charge in [-0.1, -0.05) is 0 Å². The second-order valence-electron chi connectivity index (χ2n) is 6.81. The van der Waals surface area contributed by atoms with Crippen molar-refractivity contribution >= 4 is 17.2 Å². The second kappa shape index (κ2) is 7.23. The first-order valence-corrected chi connectivity index (χ1v) is 9.74. The summed E-state index contributed by atoms with van der Waals surface area (Å²) >= 11 is 1.48. The van der Waals surface area contributed by atoms with Gasteiger partial charge in [0.2, 0.25) is 0 Å². The summed E-state index contributed by atoms with van der Waals surface area (Å²) in [4.78, 5) is 23.0. The molecule has 3 heterocycles. The van der Waals surface area contributed by atoms with E-state index in [9.17, 15) is 13.6 Å². The van der Waals surface area contributed by atoms with E-state index >= 15 is 0 Å². The zero-order valence-corrected chi connectivity index (χ0v) is 15.7. The summed E-state index contributed by atoms with van der Waals surface area (Å²) in [6, 6.07) is 5.77. The molecule has 0 bridgehead atoms. The number of H-pyrrole nitrogens is 1. The van der Waals surface area contributed by atoms with Crippen LogP contribution in [0.4, 0.5) is 8.78 Å². The van der Waals surface area contributed by atoms with Crippen LogP contribution in [0.15, 0.2) is 35.8 Å². The fourth-order valence-corrected chi connectivity index (χ4v) is 4.34. The number of imidazole rings is 1. The van der Waals surface area contributed by atoms with E-state index in [4.69, 9.17) is 0 Å².